The summed E-state index contributed by atoms with van der Waals surface area (Å²) in [7, 11) is 3.11. The van der Waals surface area contributed by atoms with E-state index in [9.17, 15) is 4.79 Å². The highest BCUT2D eigenvalue weighted by Crippen LogP contribution is 2.20. The summed E-state index contributed by atoms with van der Waals surface area (Å²) < 4.78 is 16.7. The predicted molar refractivity (Wildman–Crippen MR) is 93.7 cm³/mol. The number of hydrogen-bond acceptors (Lipinski definition) is 5. The highest BCUT2D eigenvalue weighted by Gasteiger charge is 2.22. The van der Waals surface area contributed by atoms with Crippen molar-refractivity contribution in [2.45, 2.75) is 33.6 Å². The first-order valence-electron chi connectivity index (χ1n) is 8.28. The molecular weight excluding hydrogens is 308 g/mol. The van der Waals surface area contributed by atoms with E-state index in [0.717, 1.165) is 19.4 Å². The number of carbonyl (C=O) groups is 1. The largest absolute Gasteiger partial charge is 0.491 e. The van der Waals surface area contributed by atoms with Crippen molar-refractivity contribution < 1.29 is 19.0 Å². The average molecular weight is 338 g/mol. The number of rotatable bonds is 7. The Morgan fingerprint density at radius 2 is 2.08 bits per heavy atom. The van der Waals surface area contributed by atoms with Gasteiger partial charge >= 0.3 is 0 Å². The molecule has 0 aromatic carbocycles. The van der Waals surface area contributed by atoms with Crippen molar-refractivity contribution in [1.29, 1.82) is 0 Å². The van der Waals surface area contributed by atoms with Crippen LogP contribution in [0.2, 0.25) is 0 Å². The van der Waals surface area contributed by atoms with Crippen LogP contribution in [0.4, 0.5) is 0 Å². The molecule has 2 N–H and O–H groups in total. The van der Waals surface area contributed by atoms with Gasteiger partial charge in [-0.3, -0.25) is 9.69 Å². The van der Waals surface area contributed by atoms with E-state index in [0.29, 0.717) is 36.2 Å². The minimum atomic E-state index is -0.173. The molecule has 1 rings (SSSR count). The van der Waals surface area contributed by atoms with Crippen LogP contribution in [-0.2, 0) is 19.0 Å². The summed E-state index contributed by atoms with van der Waals surface area (Å²) >= 11 is 0. The second-order valence-corrected chi connectivity index (χ2v) is 5.81. The Bertz CT molecular complexity index is 517. The van der Waals surface area contributed by atoms with Gasteiger partial charge in [0.15, 0.2) is 0 Å². The number of allylic oxidation sites excluding steroid dienone is 2. The van der Waals surface area contributed by atoms with Crippen LogP contribution < -0.4 is 5.73 Å². The van der Waals surface area contributed by atoms with Gasteiger partial charge in [0.2, 0.25) is 5.88 Å². The Morgan fingerprint density at radius 3 is 2.58 bits per heavy atom. The van der Waals surface area contributed by atoms with E-state index in [4.69, 9.17) is 19.9 Å². The van der Waals surface area contributed by atoms with Gasteiger partial charge in [-0.1, -0.05) is 6.08 Å². The molecule has 1 saturated heterocycles. The Labute approximate surface area is 144 Å². The fourth-order valence-corrected chi connectivity index (χ4v) is 2.48. The molecule has 0 aromatic heterocycles. The maximum Gasteiger partial charge on any atom is 0.255 e. The van der Waals surface area contributed by atoms with Crippen LogP contribution in [0.15, 0.2) is 35.1 Å². The van der Waals surface area contributed by atoms with Crippen molar-refractivity contribution in [3.05, 3.63) is 35.1 Å². The number of ether oxygens (including phenoxy) is 3. The Hall–Kier alpha value is -1.95. The van der Waals surface area contributed by atoms with Crippen LogP contribution in [0.1, 0.15) is 33.6 Å². The molecule has 1 unspecified atom stereocenters. The topological polar surface area (TPSA) is 74.0 Å². The lowest BCUT2D eigenvalue weighted by atomic mass is 10.0. The van der Waals surface area contributed by atoms with Crippen LogP contribution in [-0.4, -0.2) is 44.8 Å². The smallest absolute Gasteiger partial charge is 0.255 e. The second kappa shape index (κ2) is 10.0. The van der Waals surface area contributed by atoms with Crippen LogP contribution in [0.3, 0.4) is 0 Å². The van der Waals surface area contributed by atoms with Crippen molar-refractivity contribution in [1.82, 2.24) is 4.90 Å². The zero-order valence-electron chi connectivity index (χ0n) is 15.4. The molecule has 6 nitrogen and oxygen atoms in total. The molecule has 24 heavy (non-hydrogen) atoms. The number of methoxy groups -OCH3 is 1. The van der Waals surface area contributed by atoms with Crippen molar-refractivity contribution in [2.24, 2.45) is 11.7 Å². The van der Waals surface area contributed by atoms with Crippen LogP contribution in [0.5, 0.6) is 0 Å². The van der Waals surface area contributed by atoms with Gasteiger partial charge in [-0.15, -0.1) is 0 Å². The highest BCUT2D eigenvalue weighted by molar-refractivity contribution is 5.93. The van der Waals surface area contributed by atoms with Gasteiger partial charge in [0.1, 0.15) is 11.5 Å². The molecule has 1 amide bonds. The zero-order chi connectivity index (χ0) is 18.1. The zero-order valence-corrected chi connectivity index (χ0v) is 15.4. The van der Waals surface area contributed by atoms with Gasteiger partial charge in [-0.05, 0) is 39.7 Å². The fourth-order valence-electron chi connectivity index (χ4n) is 2.48. The van der Waals surface area contributed by atoms with E-state index in [1.807, 2.05) is 13.8 Å². The van der Waals surface area contributed by atoms with Crippen molar-refractivity contribution >= 4 is 5.91 Å². The SMILES string of the molecule is C/C=C(/C)C(=O)N(C)/C(OC)=C(N)\C(=C/C)OCC1CCCOC1. The average Bonchev–Trinajstić information content (AvgIpc) is 2.62. The molecule has 1 fully saturated rings. The van der Waals surface area contributed by atoms with E-state index >= 15 is 0 Å². The first-order chi connectivity index (χ1) is 11.5. The third-order valence-electron chi connectivity index (χ3n) is 4.06. The van der Waals surface area contributed by atoms with E-state index in [2.05, 4.69) is 0 Å². The summed E-state index contributed by atoms with van der Waals surface area (Å²) in [5, 5.41) is 0. The van der Waals surface area contributed by atoms with Crippen molar-refractivity contribution in [3.63, 3.8) is 0 Å². The lowest BCUT2D eigenvalue weighted by molar-refractivity contribution is -0.126. The van der Waals surface area contributed by atoms with Gasteiger partial charge in [-0.2, -0.15) is 0 Å². The van der Waals surface area contributed by atoms with E-state index < -0.39 is 0 Å². The standard InChI is InChI=1S/C18H30N2O4/c1-6-13(3)17(21)20(4)18(22-5)16(19)15(7-2)24-12-14-9-8-10-23-11-14/h6-7,14H,8-12,19H2,1-5H3/b13-6-,15-7+,18-16-. The van der Waals surface area contributed by atoms with E-state index in [1.54, 1.807) is 26.1 Å². The van der Waals surface area contributed by atoms with Gasteiger partial charge in [0.25, 0.3) is 5.91 Å². The summed E-state index contributed by atoms with van der Waals surface area (Å²) in [6.07, 6.45) is 5.65. The number of amides is 1. The number of nitrogens with two attached hydrogens (primary N) is 1. The Kier molecular flexibility index (Phi) is 8.40. The monoisotopic (exact) mass is 338 g/mol. The van der Waals surface area contributed by atoms with Gasteiger partial charge in [0.05, 0.1) is 20.3 Å². The quantitative estimate of drug-likeness (QED) is 0.439. The molecule has 0 aromatic rings. The highest BCUT2D eigenvalue weighted by atomic mass is 16.5. The fraction of sp³-hybridized carbons (Fsp3) is 0.611. The second-order valence-electron chi connectivity index (χ2n) is 5.81. The summed E-state index contributed by atoms with van der Waals surface area (Å²) in [6, 6.07) is 0. The Morgan fingerprint density at radius 1 is 1.38 bits per heavy atom. The first kappa shape index (κ1) is 20.1. The van der Waals surface area contributed by atoms with Crippen LogP contribution in [0, 0.1) is 5.92 Å². The molecule has 1 heterocycles. The molecule has 6 heteroatoms. The van der Waals surface area contributed by atoms with E-state index in [-0.39, 0.29) is 11.8 Å². The summed E-state index contributed by atoms with van der Waals surface area (Å²) in [6.45, 7) is 7.46. The third kappa shape index (κ3) is 5.30. The lowest BCUT2D eigenvalue weighted by Gasteiger charge is -2.25. The molecular formula is C18H30N2O4. The Balaban J connectivity index is 2.86. The molecule has 0 aliphatic carbocycles. The minimum absolute atomic E-state index is 0.173. The van der Waals surface area contributed by atoms with Gasteiger partial charge in [-0.25, -0.2) is 0 Å². The molecule has 1 aliphatic rings. The van der Waals surface area contributed by atoms with Crippen LogP contribution >= 0.6 is 0 Å². The van der Waals surface area contributed by atoms with Crippen LogP contribution in [0.25, 0.3) is 0 Å². The van der Waals surface area contributed by atoms with Crippen molar-refractivity contribution in [3.8, 4) is 0 Å². The molecule has 136 valence electrons. The molecule has 0 radical (unpaired) electrons. The molecule has 0 bridgehead atoms. The molecule has 1 aliphatic heterocycles. The summed E-state index contributed by atoms with van der Waals surface area (Å²) in [4.78, 5) is 13.7. The minimum Gasteiger partial charge on any atom is -0.491 e. The maximum atomic E-state index is 12.3. The van der Waals surface area contributed by atoms with E-state index in [1.165, 1.54) is 12.0 Å². The third-order valence-corrected chi connectivity index (χ3v) is 4.06. The molecule has 1 atom stereocenters. The number of nitrogens with zero attached hydrogens (tertiary/aromatic N) is 1. The number of hydrogen-bond donors (Lipinski definition) is 1. The number of carbonyl (C=O) groups excluding carboxylic acids is 1. The molecule has 0 saturated carbocycles. The first-order valence-corrected chi connectivity index (χ1v) is 8.28. The normalized spacial score (nSPS) is 20.3. The maximum absolute atomic E-state index is 12.3. The predicted octanol–water partition coefficient (Wildman–Crippen LogP) is 2.53. The van der Waals surface area contributed by atoms with Gasteiger partial charge < -0.3 is 19.9 Å². The summed E-state index contributed by atoms with van der Waals surface area (Å²) in [5.74, 6) is 0.968. The number of likely N-dealkylation sites (N-methyl/N-ethyl adjacent to an activating group) is 1. The van der Waals surface area contributed by atoms with Crippen molar-refractivity contribution in [2.75, 3.05) is 34.0 Å². The lowest BCUT2D eigenvalue weighted by Crippen LogP contribution is -2.31. The van der Waals surface area contributed by atoms with Gasteiger partial charge in [0, 0.05) is 25.1 Å². The molecule has 0 spiro atoms. The summed E-state index contributed by atoms with van der Waals surface area (Å²) in [5.41, 5.74) is 7.11.